The number of nitrogens with zero attached hydrogens (tertiary/aromatic N) is 7. The summed E-state index contributed by atoms with van der Waals surface area (Å²) in [5.41, 5.74) is 6.53. The van der Waals surface area contributed by atoms with E-state index in [4.69, 9.17) is 10.1 Å². The van der Waals surface area contributed by atoms with E-state index < -0.39 is 0 Å². The third-order valence-corrected chi connectivity index (χ3v) is 4.74. The molecule has 1 aliphatic carbocycles. The van der Waals surface area contributed by atoms with Crippen LogP contribution in [0.3, 0.4) is 0 Å². The van der Waals surface area contributed by atoms with Gasteiger partial charge in [0.05, 0.1) is 37.8 Å². The third kappa shape index (κ3) is 2.80. The maximum atomic E-state index is 9.04. The molecule has 3 aromatic heterocycles. The molecule has 5 rings (SSSR count). The minimum atomic E-state index is 0.0408. The zero-order valence-corrected chi connectivity index (χ0v) is 14.5. The van der Waals surface area contributed by atoms with E-state index in [1.54, 1.807) is 21.8 Å². The number of allylic oxidation sites excluding steroid dienone is 2. The highest BCUT2D eigenvalue weighted by molar-refractivity contribution is 5.75. The van der Waals surface area contributed by atoms with Crippen LogP contribution in [0.2, 0.25) is 0 Å². The van der Waals surface area contributed by atoms with Crippen molar-refractivity contribution in [2.45, 2.75) is 19.5 Å². The zero-order chi connectivity index (χ0) is 18.2. The number of fused-ring (bicyclic) bond motifs is 2. The first kappa shape index (κ1) is 15.8. The second-order valence-corrected chi connectivity index (χ2v) is 6.46. The molecule has 0 saturated carbocycles. The fourth-order valence-corrected chi connectivity index (χ4v) is 3.39. The second-order valence-electron chi connectivity index (χ2n) is 6.46. The minimum absolute atomic E-state index is 0.0408. The summed E-state index contributed by atoms with van der Waals surface area (Å²) in [4.78, 5) is 9.10. The van der Waals surface area contributed by atoms with Crippen LogP contribution in [0.5, 0.6) is 0 Å². The van der Waals surface area contributed by atoms with Crippen molar-refractivity contribution in [3.05, 3.63) is 60.1 Å². The summed E-state index contributed by atoms with van der Waals surface area (Å²) in [5.74, 6) is 0. The van der Waals surface area contributed by atoms with Gasteiger partial charge < -0.3 is 5.11 Å². The SMILES string of the molecule is OCCn1cc(-c2cnc3nnn(CC4=CCc5ccccc54)c3n2)cn1. The Balaban J connectivity index is 1.49. The van der Waals surface area contributed by atoms with Crippen LogP contribution in [0.1, 0.15) is 11.1 Å². The Labute approximate surface area is 154 Å². The van der Waals surface area contributed by atoms with E-state index in [1.165, 1.54) is 16.7 Å². The molecule has 0 fully saturated rings. The van der Waals surface area contributed by atoms with E-state index in [9.17, 15) is 0 Å². The average molecular weight is 359 g/mol. The van der Waals surface area contributed by atoms with E-state index in [0.717, 1.165) is 12.0 Å². The van der Waals surface area contributed by atoms with Gasteiger partial charge in [-0.05, 0) is 23.1 Å². The molecule has 1 N–H and O–H groups in total. The molecular weight excluding hydrogens is 342 g/mol. The van der Waals surface area contributed by atoms with Gasteiger partial charge in [-0.25, -0.2) is 14.6 Å². The Hall–Kier alpha value is -3.39. The molecule has 0 aliphatic heterocycles. The molecule has 27 heavy (non-hydrogen) atoms. The molecule has 1 aromatic carbocycles. The lowest BCUT2D eigenvalue weighted by molar-refractivity contribution is 0.269. The molecule has 1 aliphatic rings. The Morgan fingerprint density at radius 1 is 1.15 bits per heavy atom. The minimum Gasteiger partial charge on any atom is -0.394 e. The standard InChI is InChI=1S/C19H17N7O/c27-8-7-25-11-15(9-21-25)17-10-20-18-19(22-17)26(24-23-18)12-14-6-5-13-3-1-2-4-16(13)14/h1-4,6,9-11,27H,5,7-8,12H2. The number of aliphatic hydroxyl groups excluding tert-OH is 1. The number of benzene rings is 1. The van der Waals surface area contributed by atoms with Crippen molar-refractivity contribution in [2.24, 2.45) is 0 Å². The number of aromatic nitrogens is 7. The summed E-state index contributed by atoms with van der Waals surface area (Å²) < 4.78 is 3.47. The van der Waals surface area contributed by atoms with Crippen LogP contribution in [0.4, 0.5) is 0 Å². The Bertz CT molecular complexity index is 1160. The van der Waals surface area contributed by atoms with Gasteiger partial charge in [-0.1, -0.05) is 35.6 Å². The lowest BCUT2D eigenvalue weighted by atomic mass is 10.1. The molecule has 8 heteroatoms. The summed E-state index contributed by atoms with van der Waals surface area (Å²) in [7, 11) is 0. The summed E-state index contributed by atoms with van der Waals surface area (Å²) in [6.45, 7) is 1.09. The van der Waals surface area contributed by atoms with Gasteiger partial charge in [-0.15, -0.1) is 5.10 Å². The van der Waals surface area contributed by atoms with E-state index in [1.807, 2.05) is 6.20 Å². The largest absolute Gasteiger partial charge is 0.394 e. The number of hydrogen-bond acceptors (Lipinski definition) is 6. The molecule has 134 valence electrons. The predicted octanol–water partition coefficient (Wildman–Crippen LogP) is 1.72. The van der Waals surface area contributed by atoms with Crippen molar-refractivity contribution in [3.8, 4) is 11.3 Å². The average Bonchev–Trinajstić information content (AvgIpc) is 3.42. The van der Waals surface area contributed by atoms with Gasteiger partial charge in [0.25, 0.3) is 0 Å². The highest BCUT2D eigenvalue weighted by Crippen LogP contribution is 2.28. The molecule has 0 bridgehead atoms. The zero-order valence-electron chi connectivity index (χ0n) is 14.5. The summed E-state index contributed by atoms with van der Waals surface area (Å²) in [5, 5.41) is 21.7. The summed E-state index contributed by atoms with van der Waals surface area (Å²) in [6, 6.07) is 8.41. The van der Waals surface area contributed by atoms with Crippen molar-refractivity contribution in [3.63, 3.8) is 0 Å². The topological polar surface area (TPSA) is 94.5 Å². The molecule has 0 unspecified atom stereocenters. The van der Waals surface area contributed by atoms with Crippen LogP contribution in [-0.4, -0.2) is 46.5 Å². The van der Waals surface area contributed by atoms with Gasteiger partial charge >= 0.3 is 0 Å². The van der Waals surface area contributed by atoms with E-state index in [2.05, 4.69) is 50.7 Å². The molecule has 0 saturated heterocycles. The van der Waals surface area contributed by atoms with Crippen LogP contribution in [-0.2, 0) is 19.5 Å². The smallest absolute Gasteiger partial charge is 0.221 e. The van der Waals surface area contributed by atoms with Crippen molar-refractivity contribution in [1.29, 1.82) is 0 Å². The maximum absolute atomic E-state index is 9.04. The number of hydrogen-bond donors (Lipinski definition) is 1. The van der Waals surface area contributed by atoms with Crippen molar-refractivity contribution in [1.82, 2.24) is 34.7 Å². The van der Waals surface area contributed by atoms with E-state index in [-0.39, 0.29) is 6.61 Å². The first-order valence-electron chi connectivity index (χ1n) is 8.79. The lowest BCUT2D eigenvalue weighted by Crippen LogP contribution is -2.04. The third-order valence-electron chi connectivity index (χ3n) is 4.74. The van der Waals surface area contributed by atoms with Gasteiger partial charge in [0, 0.05) is 11.8 Å². The molecule has 0 atom stereocenters. The van der Waals surface area contributed by atoms with Gasteiger partial charge in [0.1, 0.15) is 0 Å². The molecular formula is C19H17N7O. The fourth-order valence-electron chi connectivity index (χ4n) is 3.39. The Morgan fingerprint density at radius 3 is 3.00 bits per heavy atom. The normalized spacial score (nSPS) is 13.1. The maximum Gasteiger partial charge on any atom is 0.221 e. The first-order chi connectivity index (χ1) is 13.3. The van der Waals surface area contributed by atoms with Crippen LogP contribution in [0.15, 0.2) is 48.9 Å². The molecule has 0 radical (unpaired) electrons. The van der Waals surface area contributed by atoms with Crippen molar-refractivity contribution < 1.29 is 5.11 Å². The van der Waals surface area contributed by atoms with Gasteiger partial charge in [0.2, 0.25) is 5.65 Å². The quantitative estimate of drug-likeness (QED) is 0.583. The molecule has 4 aromatic rings. The highest BCUT2D eigenvalue weighted by Gasteiger charge is 2.17. The van der Waals surface area contributed by atoms with E-state index in [0.29, 0.717) is 30.1 Å². The highest BCUT2D eigenvalue weighted by atomic mass is 16.3. The molecule has 0 amide bonds. The van der Waals surface area contributed by atoms with Crippen molar-refractivity contribution >= 4 is 16.9 Å². The monoisotopic (exact) mass is 359 g/mol. The number of rotatable bonds is 5. The second kappa shape index (κ2) is 6.40. The van der Waals surface area contributed by atoms with Crippen LogP contribution >= 0.6 is 0 Å². The van der Waals surface area contributed by atoms with Crippen LogP contribution in [0, 0.1) is 0 Å². The Kier molecular flexibility index (Phi) is 3.75. The molecule has 3 heterocycles. The van der Waals surface area contributed by atoms with Crippen LogP contribution < -0.4 is 0 Å². The summed E-state index contributed by atoms with van der Waals surface area (Å²) >= 11 is 0. The number of aliphatic hydroxyl groups is 1. The molecule has 0 spiro atoms. The van der Waals surface area contributed by atoms with Crippen LogP contribution in [0.25, 0.3) is 28.1 Å². The van der Waals surface area contributed by atoms with Gasteiger partial charge in [0.15, 0.2) is 5.65 Å². The fraction of sp³-hybridized carbons (Fsp3) is 0.211. The van der Waals surface area contributed by atoms with Gasteiger partial charge in [-0.2, -0.15) is 5.10 Å². The Morgan fingerprint density at radius 2 is 2.07 bits per heavy atom. The van der Waals surface area contributed by atoms with E-state index >= 15 is 0 Å². The predicted molar refractivity (Wildman–Crippen MR) is 99.5 cm³/mol. The van der Waals surface area contributed by atoms with Crippen molar-refractivity contribution in [2.75, 3.05) is 6.61 Å². The first-order valence-corrected chi connectivity index (χ1v) is 8.79. The molecule has 8 nitrogen and oxygen atoms in total. The summed E-state index contributed by atoms with van der Waals surface area (Å²) in [6.07, 6.45) is 8.41. The van der Waals surface area contributed by atoms with Gasteiger partial charge in [-0.3, -0.25) is 4.68 Å². The lowest BCUT2D eigenvalue weighted by Gasteiger charge is -2.06.